The minimum Gasteiger partial charge on any atom is -0.456 e. The molecule has 0 aliphatic carbocycles. The Labute approximate surface area is 266 Å². The van der Waals surface area contributed by atoms with Gasteiger partial charge in [0.2, 0.25) is 0 Å². The zero-order valence-corrected chi connectivity index (χ0v) is 25.1. The van der Waals surface area contributed by atoms with Crippen LogP contribution in [0.3, 0.4) is 0 Å². The molecule has 0 N–H and O–H groups in total. The molecule has 0 bridgehead atoms. The Hall–Kier alpha value is -6.42. The lowest BCUT2D eigenvalue weighted by Gasteiger charge is -2.17. The number of hydrogen-bond acceptors (Lipinski definition) is 3. The van der Waals surface area contributed by atoms with Crippen LogP contribution in [0.4, 0.5) is 0 Å². The second-order valence-corrected chi connectivity index (χ2v) is 11.4. The fraction of sp³-hybridized carbons (Fsp3) is 0.0233. The van der Waals surface area contributed by atoms with Crippen LogP contribution in [0, 0.1) is 22.7 Å². The smallest absolute Gasteiger partial charge is 0.135 e. The number of nitriles is 2. The van der Waals surface area contributed by atoms with E-state index in [0.29, 0.717) is 16.9 Å². The van der Waals surface area contributed by atoms with Crippen molar-refractivity contribution in [1.82, 2.24) is 0 Å². The number of furan rings is 1. The van der Waals surface area contributed by atoms with Gasteiger partial charge in [-0.05, 0) is 68.9 Å². The molecule has 8 rings (SSSR count). The van der Waals surface area contributed by atoms with Crippen molar-refractivity contribution >= 4 is 65.7 Å². The van der Waals surface area contributed by atoms with Crippen LogP contribution in [-0.4, -0.2) is 0 Å². The number of fused-ring (bicyclic) bond motifs is 5. The van der Waals surface area contributed by atoms with Gasteiger partial charge in [-0.25, -0.2) is 0 Å². The predicted molar refractivity (Wildman–Crippen MR) is 190 cm³/mol. The Kier molecular flexibility index (Phi) is 6.28. The minimum absolute atomic E-state index is 0.674. The molecule has 0 saturated carbocycles. The van der Waals surface area contributed by atoms with Crippen LogP contribution in [0.2, 0.25) is 0 Å². The van der Waals surface area contributed by atoms with Gasteiger partial charge in [0.15, 0.2) is 0 Å². The molecule has 8 aromatic rings. The second-order valence-electron chi connectivity index (χ2n) is 11.4. The van der Waals surface area contributed by atoms with E-state index in [4.69, 9.17) is 4.42 Å². The van der Waals surface area contributed by atoms with Gasteiger partial charge < -0.3 is 4.42 Å². The molecule has 0 fully saturated rings. The van der Waals surface area contributed by atoms with Crippen molar-refractivity contribution in [3.8, 4) is 23.3 Å². The van der Waals surface area contributed by atoms with Crippen molar-refractivity contribution in [3.05, 3.63) is 156 Å². The van der Waals surface area contributed by atoms with Crippen molar-refractivity contribution in [2.75, 3.05) is 0 Å². The summed E-state index contributed by atoms with van der Waals surface area (Å²) in [5, 5.41) is 29.2. The van der Waals surface area contributed by atoms with E-state index in [2.05, 4.69) is 61.2 Å². The molecule has 214 valence electrons. The molecule has 0 spiro atoms. The molecule has 0 radical (unpaired) electrons. The Morgan fingerprint density at radius 1 is 0.587 bits per heavy atom. The van der Waals surface area contributed by atoms with Gasteiger partial charge in [0.05, 0.1) is 11.1 Å². The third-order valence-electron chi connectivity index (χ3n) is 9.10. The number of nitrogens with zero attached hydrogens (tertiary/aromatic N) is 2. The summed E-state index contributed by atoms with van der Waals surface area (Å²) in [7, 11) is 0. The summed E-state index contributed by atoms with van der Waals surface area (Å²) in [6.07, 6.45) is 3.91. The van der Waals surface area contributed by atoms with Crippen LogP contribution in [0.15, 0.2) is 132 Å². The Bertz CT molecular complexity index is 2580. The summed E-state index contributed by atoms with van der Waals surface area (Å²) < 4.78 is 6.47. The van der Waals surface area contributed by atoms with Crippen molar-refractivity contribution in [3.63, 3.8) is 0 Å². The second kappa shape index (κ2) is 10.6. The molecule has 7 aromatic carbocycles. The molecule has 0 unspecified atom stereocenters. The Morgan fingerprint density at radius 2 is 1.04 bits per heavy atom. The zero-order chi connectivity index (χ0) is 31.4. The van der Waals surface area contributed by atoms with E-state index in [-0.39, 0.29) is 0 Å². The van der Waals surface area contributed by atoms with Crippen molar-refractivity contribution in [1.29, 1.82) is 10.5 Å². The maximum absolute atomic E-state index is 10.2. The number of hydrogen-bond donors (Lipinski definition) is 0. The van der Waals surface area contributed by atoms with Gasteiger partial charge in [0.1, 0.15) is 23.5 Å². The lowest BCUT2D eigenvalue weighted by Crippen LogP contribution is -1.96. The van der Waals surface area contributed by atoms with E-state index in [1.54, 1.807) is 6.08 Å². The lowest BCUT2D eigenvalue weighted by molar-refractivity contribution is 0.603. The van der Waals surface area contributed by atoms with E-state index in [0.717, 1.165) is 81.9 Å². The highest BCUT2D eigenvalue weighted by molar-refractivity contribution is 6.19. The largest absolute Gasteiger partial charge is 0.456 e. The molecule has 0 aliphatic heterocycles. The summed E-state index contributed by atoms with van der Waals surface area (Å²) in [4.78, 5) is 0. The summed E-state index contributed by atoms with van der Waals surface area (Å²) in [6, 6.07) is 43.8. The van der Waals surface area contributed by atoms with Gasteiger partial charge in [-0.15, -0.1) is 0 Å². The highest BCUT2D eigenvalue weighted by atomic mass is 16.3. The third-order valence-corrected chi connectivity index (χ3v) is 9.10. The fourth-order valence-corrected chi connectivity index (χ4v) is 7.21. The molecule has 0 aliphatic rings. The topological polar surface area (TPSA) is 60.7 Å². The van der Waals surface area contributed by atoms with Gasteiger partial charge in [-0.2, -0.15) is 10.5 Å². The highest BCUT2D eigenvalue weighted by Crippen LogP contribution is 2.45. The molecular formula is C43H26N2O. The number of allylic oxidation sites excluding steroid dienone is 1. The van der Waals surface area contributed by atoms with Gasteiger partial charge in [-0.3, -0.25) is 0 Å². The molecule has 0 saturated heterocycles. The Morgan fingerprint density at radius 3 is 1.50 bits per heavy atom. The quantitative estimate of drug-likeness (QED) is 0.193. The molecule has 1 aromatic heterocycles. The SMILES string of the molecule is C=Cc1oc2ccc(-c3c4ccccc4c(C#N)c4ccccc34)cc2c1/C(=C\C)c1c2ccccc2c(C#N)c2ccccc12. The van der Waals surface area contributed by atoms with Crippen molar-refractivity contribution in [2.24, 2.45) is 0 Å². The van der Waals surface area contributed by atoms with Crippen LogP contribution in [0.25, 0.3) is 76.8 Å². The summed E-state index contributed by atoms with van der Waals surface area (Å²) in [5.41, 5.74) is 7.25. The molecule has 46 heavy (non-hydrogen) atoms. The van der Waals surface area contributed by atoms with Gasteiger partial charge in [-0.1, -0.05) is 116 Å². The third kappa shape index (κ3) is 3.83. The zero-order valence-electron chi connectivity index (χ0n) is 25.1. The minimum atomic E-state index is 0.674. The summed E-state index contributed by atoms with van der Waals surface area (Å²) in [5.74, 6) is 0.687. The van der Waals surface area contributed by atoms with E-state index in [1.807, 2.05) is 85.8 Å². The average molecular weight is 587 g/mol. The van der Waals surface area contributed by atoms with Gasteiger partial charge in [0, 0.05) is 32.5 Å². The summed E-state index contributed by atoms with van der Waals surface area (Å²) in [6.45, 7) is 6.19. The molecule has 0 amide bonds. The van der Waals surface area contributed by atoms with Gasteiger partial charge in [0.25, 0.3) is 0 Å². The van der Waals surface area contributed by atoms with Crippen LogP contribution in [-0.2, 0) is 0 Å². The highest BCUT2D eigenvalue weighted by Gasteiger charge is 2.23. The lowest BCUT2D eigenvalue weighted by atomic mass is 9.84. The maximum Gasteiger partial charge on any atom is 0.135 e. The monoisotopic (exact) mass is 586 g/mol. The van der Waals surface area contributed by atoms with Gasteiger partial charge >= 0.3 is 0 Å². The van der Waals surface area contributed by atoms with E-state index in [9.17, 15) is 10.5 Å². The standard InChI is InChI=1S/C43H26N2O/c1-3-27(42-34-19-11-7-15-30(34)38(25-45)31-16-8-12-20-35(31)42)43-36-23-26(21-22-40(36)46-39(43)4-2)41-32-17-9-5-13-28(32)37(24-44)29-14-6-10-18-33(29)41/h3-23H,2H2,1H3/b27-3-. The number of benzene rings is 7. The maximum atomic E-state index is 10.2. The first-order valence-electron chi connectivity index (χ1n) is 15.2. The van der Waals surface area contributed by atoms with Crippen LogP contribution < -0.4 is 0 Å². The average Bonchev–Trinajstić information content (AvgIpc) is 3.48. The van der Waals surface area contributed by atoms with Crippen LogP contribution >= 0.6 is 0 Å². The summed E-state index contributed by atoms with van der Waals surface area (Å²) >= 11 is 0. The molecule has 3 nitrogen and oxygen atoms in total. The molecule has 0 atom stereocenters. The van der Waals surface area contributed by atoms with E-state index < -0.39 is 0 Å². The molecule has 3 heteroatoms. The Balaban J connectivity index is 1.48. The number of rotatable bonds is 4. The first-order chi connectivity index (χ1) is 22.7. The fourth-order valence-electron chi connectivity index (χ4n) is 7.21. The predicted octanol–water partition coefficient (Wildman–Crippen LogP) is 11.6. The first-order valence-corrected chi connectivity index (χ1v) is 15.2. The van der Waals surface area contributed by atoms with Crippen molar-refractivity contribution < 1.29 is 4.42 Å². The molecular weight excluding hydrogens is 560 g/mol. The molecule has 1 heterocycles. The van der Waals surface area contributed by atoms with E-state index >= 15 is 0 Å². The first kappa shape index (κ1) is 27.2. The van der Waals surface area contributed by atoms with Crippen LogP contribution in [0.5, 0.6) is 0 Å². The normalized spacial score (nSPS) is 11.8. The van der Waals surface area contributed by atoms with E-state index in [1.165, 1.54) is 0 Å². The van der Waals surface area contributed by atoms with Crippen molar-refractivity contribution in [2.45, 2.75) is 6.92 Å². The van der Waals surface area contributed by atoms with Crippen LogP contribution in [0.1, 0.15) is 34.9 Å².